The lowest BCUT2D eigenvalue weighted by Gasteiger charge is -2.30. The summed E-state index contributed by atoms with van der Waals surface area (Å²) in [5.41, 5.74) is -1.97. The molecule has 9 heteroatoms. The Balaban J connectivity index is 1.59. The molecule has 0 amide bonds. The topological polar surface area (TPSA) is 65.7 Å². The van der Waals surface area contributed by atoms with E-state index in [2.05, 4.69) is 15.4 Å². The van der Waals surface area contributed by atoms with Crippen molar-refractivity contribution < 1.29 is 18.3 Å². The van der Waals surface area contributed by atoms with E-state index in [1.54, 1.807) is 27.9 Å². The Hall–Kier alpha value is -1.87. The first kappa shape index (κ1) is 16.0. The lowest BCUT2D eigenvalue weighted by molar-refractivity contribution is -0.256. The van der Waals surface area contributed by atoms with E-state index in [1.807, 2.05) is 6.07 Å². The molecule has 2 aromatic rings. The Morgan fingerprint density at radius 1 is 1.39 bits per heavy atom. The number of nitrogens with zero attached hydrogens (tertiary/aromatic N) is 4. The van der Waals surface area contributed by atoms with E-state index in [0.717, 1.165) is 12.6 Å². The van der Waals surface area contributed by atoms with Gasteiger partial charge in [-0.3, -0.25) is 4.90 Å². The average molecular weight is 329 g/mol. The van der Waals surface area contributed by atoms with Crippen molar-refractivity contribution in [2.45, 2.75) is 31.2 Å². The monoisotopic (exact) mass is 329 g/mol. The van der Waals surface area contributed by atoms with E-state index in [1.165, 1.54) is 0 Å². The van der Waals surface area contributed by atoms with Crippen LogP contribution in [-0.2, 0) is 0 Å². The van der Waals surface area contributed by atoms with Crippen molar-refractivity contribution >= 4 is 11.5 Å². The second-order valence-corrected chi connectivity index (χ2v) is 6.09. The van der Waals surface area contributed by atoms with Gasteiger partial charge in [-0.2, -0.15) is 13.2 Å². The maximum Gasteiger partial charge on any atom is 0.418 e. The molecule has 1 aliphatic rings. The summed E-state index contributed by atoms with van der Waals surface area (Å²) in [6.45, 7) is 1.30. The van der Waals surface area contributed by atoms with Crippen molar-refractivity contribution in [1.29, 1.82) is 0 Å². The number of nitrogens with one attached hydrogen (secondary N) is 1. The molecule has 126 valence electrons. The van der Waals surface area contributed by atoms with Crippen LogP contribution in [0.25, 0.3) is 5.65 Å². The van der Waals surface area contributed by atoms with Crippen LogP contribution in [0.3, 0.4) is 0 Å². The second kappa shape index (κ2) is 5.64. The molecule has 0 aliphatic carbocycles. The standard InChI is InChI=1S/C14H18F3N5O/c1-13(23,14(15,16)17)9-21-6-4-10(8-21)19-11-2-3-12-18-5-7-22(12)20-11/h2-3,5,7,10,23H,4,6,8-9H2,1H3,(H,19,20)/t10-,13-/m0/s1. The third-order valence-electron chi connectivity index (χ3n) is 4.02. The normalized spacial score (nSPS) is 22.4. The quantitative estimate of drug-likeness (QED) is 0.890. The van der Waals surface area contributed by atoms with Crippen LogP contribution in [0.2, 0.25) is 0 Å². The van der Waals surface area contributed by atoms with E-state index < -0.39 is 18.3 Å². The minimum atomic E-state index is -4.63. The van der Waals surface area contributed by atoms with Gasteiger partial charge in [0.05, 0.1) is 0 Å². The molecular formula is C14H18F3N5O. The first-order chi connectivity index (χ1) is 10.7. The molecule has 0 unspecified atom stereocenters. The number of anilines is 1. The fourth-order valence-electron chi connectivity index (χ4n) is 2.72. The van der Waals surface area contributed by atoms with Crippen molar-refractivity contribution in [3.05, 3.63) is 24.5 Å². The fourth-order valence-corrected chi connectivity index (χ4v) is 2.72. The molecule has 2 atom stereocenters. The lowest BCUT2D eigenvalue weighted by Crippen LogP contribution is -2.51. The van der Waals surface area contributed by atoms with Crippen molar-refractivity contribution in [3.8, 4) is 0 Å². The summed E-state index contributed by atoms with van der Waals surface area (Å²) in [4.78, 5) is 5.71. The van der Waals surface area contributed by atoms with E-state index in [-0.39, 0.29) is 6.04 Å². The zero-order valence-electron chi connectivity index (χ0n) is 12.6. The number of alkyl halides is 3. The zero-order valence-corrected chi connectivity index (χ0v) is 12.6. The van der Waals surface area contributed by atoms with E-state index in [0.29, 0.717) is 25.3 Å². The van der Waals surface area contributed by atoms with Crippen LogP contribution in [0.4, 0.5) is 19.0 Å². The summed E-state index contributed by atoms with van der Waals surface area (Å²) < 4.78 is 39.8. The number of rotatable bonds is 4. The average Bonchev–Trinajstić information content (AvgIpc) is 3.06. The van der Waals surface area contributed by atoms with Crippen LogP contribution >= 0.6 is 0 Å². The van der Waals surface area contributed by atoms with Gasteiger partial charge in [-0.25, -0.2) is 9.50 Å². The molecule has 1 saturated heterocycles. The van der Waals surface area contributed by atoms with E-state index in [9.17, 15) is 18.3 Å². The first-order valence-electron chi connectivity index (χ1n) is 7.33. The number of likely N-dealkylation sites (tertiary alicyclic amines) is 1. The summed E-state index contributed by atoms with van der Waals surface area (Å²) in [5, 5.41) is 17.1. The highest BCUT2D eigenvalue weighted by atomic mass is 19.4. The first-order valence-corrected chi connectivity index (χ1v) is 7.33. The van der Waals surface area contributed by atoms with Gasteiger partial charge in [-0.05, 0) is 25.5 Å². The molecule has 3 rings (SSSR count). The predicted molar refractivity (Wildman–Crippen MR) is 78.1 cm³/mol. The highest BCUT2D eigenvalue weighted by Gasteiger charge is 2.51. The van der Waals surface area contributed by atoms with E-state index >= 15 is 0 Å². The number of hydrogen-bond donors (Lipinski definition) is 2. The van der Waals surface area contributed by atoms with Gasteiger partial charge in [0.25, 0.3) is 0 Å². The molecule has 0 saturated carbocycles. The third kappa shape index (κ3) is 3.40. The molecule has 0 spiro atoms. The Kier molecular flexibility index (Phi) is 3.93. The fraction of sp³-hybridized carbons (Fsp3) is 0.571. The smallest absolute Gasteiger partial charge is 0.380 e. The predicted octanol–water partition coefficient (Wildman–Crippen LogP) is 1.53. The van der Waals surface area contributed by atoms with Crippen LogP contribution in [0.1, 0.15) is 13.3 Å². The molecule has 0 bridgehead atoms. The highest BCUT2D eigenvalue weighted by molar-refractivity contribution is 5.44. The molecule has 0 radical (unpaired) electrons. The van der Waals surface area contributed by atoms with Crippen molar-refractivity contribution in [3.63, 3.8) is 0 Å². The molecule has 3 heterocycles. The van der Waals surface area contributed by atoms with Crippen LogP contribution in [0.5, 0.6) is 0 Å². The number of aromatic nitrogens is 3. The zero-order chi connectivity index (χ0) is 16.7. The molecule has 2 aromatic heterocycles. The highest BCUT2D eigenvalue weighted by Crippen LogP contribution is 2.31. The summed E-state index contributed by atoms with van der Waals surface area (Å²) in [7, 11) is 0. The Morgan fingerprint density at radius 3 is 2.91 bits per heavy atom. The molecule has 23 heavy (non-hydrogen) atoms. The number of aliphatic hydroxyl groups is 1. The maximum atomic E-state index is 12.7. The van der Waals surface area contributed by atoms with Crippen molar-refractivity contribution in [1.82, 2.24) is 19.5 Å². The van der Waals surface area contributed by atoms with Gasteiger partial charge >= 0.3 is 6.18 Å². The van der Waals surface area contributed by atoms with Crippen LogP contribution in [0.15, 0.2) is 24.5 Å². The summed E-state index contributed by atoms with van der Waals surface area (Å²) in [6, 6.07) is 3.60. The number of imidazole rings is 1. The van der Waals surface area contributed by atoms with Crippen LogP contribution in [0, 0.1) is 0 Å². The summed E-state index contributed by atoms with van der Waals surface area (Å²) >= 11 is 0. The largest absolute Gasteiger partial charge is 0.418 e. The lowest BCUT2D eigenvalue weighted by atomic mass is 10.1. The van der Waals surface area contributed by atoms with Gasteiger partial charge in [-0.1, -0.05) is 0 Å². The summed E-state index contributed by atoms with van der Waals surface area (Å²) in [5.74, 6) is 0.643. The van der Waals surface area contributed by atoms with Gasteiger partial charge in [-0.15, -0.1) is 5.10 Å². The Morgan fingerprint density at radius 2 is 2.17 bits per heavy atom. The number of β-amino-alcohol motifs (C(OH)–C–C–N with tert-alkyl or cyclic N) is 1. The molecule has 0 aromatic carbocycles. The Bertz CT molecular complexity index is 684. The minimum absolute atomic E-state index is 0.00694. The molecule has 1 fully saturated rings. The summed E-state index contributed by atoms with van der Waals surface area (Å²) in [6.07, 6.45) is -0.575. The Labute approximate surface area is 130 Å². The SMILES string of the molecule is C[C@](O)(CN1CC[C@H](Nc2ccc3nccn3n2)C1)C(F)(F)F. The van der Waals surface area contributed by atoms with Crippen LogP contribution < -0.4 is 5.32 Å². The number of halogens is 3. The molecular weight excluding hydrogens is 311 g/mol. The minimum Gasteiger partial charge on any atom is -0.380 e. The van der Waals surface area contributed by atoms with Gasteiger partial charge in [0, 0.05) is 38.1 Å². The molecule has 1 aliphatic heterocycles. The second-order valence-electron chi connectivity index (χ2n) is 6.09. The number of fused-ring (bicyclic) bond motifs is 1. The van der Waals surface area contributed by atoms with Gasteiger partial charge in [0.15, 0.2) is 11.2 Å². The van der Waals surface area contributed by atoms with Crippen molar-refractivity contribution in [2.75, 3.05) is 25.0 Å². The number of hydrogen-bond acceptors (Lipinski definition) is 5. The van der Waals surface area contributed by atoms with E-state index in [4.69, 9.17) is 0 Å². The van der Waals surface area contributed by atoms with Gasteiger partial charge in [0.1, 0.15) is 5.82 Å². The maximum absolute atomic E-state index is 12.7. The van der Waals surface area contributed by atoms with Gasteiger partial charge in [0.2, 0.25) is 0 Å². The third-order valence-corrected chi connectivity index (χ3v) is 4.02. The van der Waals surface area contributed by atoms with Crippen molar-refractivity contribution in [2.24, 2.45) is 0 Å². The van der Waals surface area contributed by atoms with Gasteiger partial charge < -0.3 is 10.4 Å². The molecule has 2 N–H and O–H groups in total. The molecule has 6 nitrogen and oxygen atoms in total. The van der Waals surface area contributed by atoms with Crippen LogP contribution in [-0.4, -0.2) is 62.1 Å².